The summed E-state index contributed by atoms with van der Waals surface area (Å²) in [5.74, 6) is -0.960. The molecule has 1 unspecified atom stereocenters. The van der Waals surface area contributed by atoms with Gasteiger partial charge >= 0.3 is 12.0 Å². The third-order valence-corrected chi connectivity index (χ3v) is 4.71. The van der Waals surface area contributed by atoms with Crippen molar-refractivity contribution in [1.82, 2.24) is 4.90 Å². The summed E-state index contributed by atoms with van der Waals surface area (Å²) in [5, 5.41) is 12.6. The van der Waals surface area contributed by atoms with Crippen LogP contribution in [0.25, 0.3) is 0 Å². The molecule has 2 amide bonds. The van der Waals surface area contributed by atoms with Crippen LogP contribution >= 0.6 is 27.5 Å². The first-order chi connectivity index (χ1) is 9.90. The summed E-state index contributed by atoms with van der Waals surface area (Å²) in [4.78, 5) is 25.4. The number of urea groups is 1. The number of rotatable bonds is 3. The monoisotopic (exact) mass is 374 g/mol. The number of carbonyl (C=O) groups excluding carboxylic acids is 1. The third kappa shape index (κ3) is 3.01. The van der Waals surface area contributed by atoms with Gasteiger partial charge in [-0.3, -0.25) is 0 Å². The molecule has 1 aliphatic heterocycles. The van der Waals surface area contributed by atoms with Crippen LogP contribution in [0, 0.1) is 0 Å². The molecule has 5 nitrogen and oxygen atoms in total. The highest BCUT2D eigenvalue weighted by molar-refractivity contribution is 9.10. The molecule has 0 spiro atoms. The van der Waals surface area contributed by atoms with E-state index in [4.69, 9.17) is 11.6 Å². The van der Waals surface area contributed by atoms with Gasteiger partial charge in [0, 0.05) is 11.0 Å². The van der Waals surface area contributed by atoms with E-state index in [1.807, 2.05) is 0 Å². The Morgan fingerprint density at radius 2 is 2.24 bits per heavy atom. The molecule has 2 rings (SSSR count). The van der Waals surface area contributed by atoms with Crippen molar-refractivity contribution in [2.45, 2.75) is 31.7 Å². The summed E-state index contributed by atoms with van der Waals surface area (Å²) in [6.07, 6.45) is 1.53. The normalized spacial score (nSPS) is 21.4. The van der Waals surface area contributed by atoms with Gasteiger partial charge in [0.15, 0.2) is 0 Å². The number of nitrogens with zero attached hydrogens (tertiary/aromatic N) is 1. The molecule has 1 aromatic carbocycles. The lowest BCUT2D eigenvalue weighted by Crippen LogP contribution is -2.54. The van der Waals surface area contributed by atoms with E-state index >= 15 is 0 Å². The number of anilines is 1. The Hall–Kier alpha value is -1.27. The minimum Gasteiger partial charge on any atom is -0.479 e. The first-order valence-electron chi connectivity index (χ1n) is 6.68. The number of nitrogens with one attached hydrogen (secondary N) is 1. The van der Waals surface area contributed by atoms with Gasteiger partial charge in [-0.1, -0.05) is 34.5 Å². The highest BCUT2D eigenvalue weighted by Crippen LogP contribution is 2.34. The highest BCUT2D eigenvalue weighted by Gasteiger charge is 2.48. The lowest BCUT2D eigenvalue weighted by molar-refractivity contribution is -0.148. The number of hydrogen-bond acceptors (Lipinski definition) is 2. The minimum atomic E-state index is -1.12. The number of carboxylic acids is 1. The summed E-state index contributed by atoms with van der Waals surface area (Å²) in [6, 6.07) is 4.68. The van der Waals surface area contributed by atoms with Crippen molar-refractivity contribution in [3.8, 4) is 0 Å². The standard InChI is InChI=1S/C14H16BrClN2O3/c1-2-14(12(19)20)6-3-7-18(14)13(21)17-11-8-9(15)4-5-10(11)16/h4-5,8H,2-3,6-7H2,1H3,(H,17,21)(H,19,20). The van der Waals surface area contributed by atoms with Crippen molar-refractivity contribution in [2.75, 3.05) is 11.9 Å². The molecule has 1 aliphatic rings. The largest absolute Gasteiger partial charge is 0.479 e. The molecule has 2 N–H and O–H groups in total. The zero-order chi connectivity index (χ0) is 15.6. The van der Waals surface area contributed by atoms with Crippen LogP contribution in [0.2, 0.25) is 5.02 Å². The molecule has 1 heterocycles. The van der Waals surface area contributed by atoms with E-state index in [9.17, 15) is 14.7 Å². The Kier molecular flexibility index (Phi) is 4.78. The molecular formula is C14H16BrClN2O3. The predicted molar refractivity (Wildman–Crippen MR) is 84.8 cm³/mol. The average molecular weight is 376 g/mol. The fraction of sp³-hybridized carbons (Fsp3) is 0.429. The molecule has 1 aromatic rings. The van der Waals surface area contributed by atoms with Crippen LogP contribution in [-0.4, -0.2) is 34.1 Å². The number of likely N-dealkylation sites (tertiary alicyclic amines) is 1. The summed E-state index contributed by atoms with van der Waals surface area (Å²) < 4.78 is 0.781. The van der Waals surface area contributed by atoms with E-state index < -0.39 is 17.5 Å². The number of amides is 2. The zero-order valence-corrected chi connectivity index (χ0v) is 13.9. The van der Waals surface area contributed by atoms with Crippen LogP contribution in [0.4, 0.5) is 10.5 Å². The van der Waals surface area contributed by atoms with E-state index in [0.717, 1.165) is 4.47 Å². The molecule has 21 heavy (non-hydrogen) atoms. The third-order valence-electron chi connectivity index (χ3n) is 3.89. The SMILES string of the molecule is CCC1(C(=O)O)CCCN1C(=O)Nc1cc(Br)ccc1Cl. The maximum Gasteiger partial charge on any atom is 0.329 e. The van der Waals surface area contributed by atoms with Gasteiger partial charge in [-0.2, -0.15) is 0 Å². The smallest absolute Gasteiger partial charge is 0.329 e. The first kappa shape index (κ1) is 16.1. The molecule has 0 aromatic heterocycles. The maximum atomic E-state index is 12.4. The van der Waals surface area contributed by atoms with Gasteiger partial charge in [0.1, 0.15) is 5.54 Å². The molecule has 114 valence electrons. The second-order valence-electron chi connectivity index (χ2n) is 5.00. The number of benzene rings is 1. The van der Waals surface area contributed by atoms with Gasteiger partial charge in [0.25, 0.3) is 0 Å². The van der Waals surface area contributed by atoms with Crippen molar-refractivity contribution < 1.29 is 14.7 Å². The molecule has 0 aliphatic carbocycles. The van der Waals surface area contributed by atoms with Crippen LogP contribution in [0.15, 0.2) is 22.7 Å². The van der Waals surface area contributed by atoms with Gasteiger partial charge in [0.05, 0.1) is 10.7 Å². The number of halogens is 2. The van der Waals surface area contributed by atoms with Crippen molar-refractivity contribution in [2.24, 2.45) is 0 Å². The van der Waals surface area contributed by atoms with Gasteiger partial charge in [-0.25, -0.2) is 9.59 Å². The lowest BCUT2D eigenvalue weighted by Gasteiger charge is -2.33. The molecule has 1 fully saturated rings. The summed E-state index contributed by atoms with van der Waals surface area (Å²) in [7, 11) is 0. The van der Waals surface area contributed by atoms with Crippen LogP contribution in [0.3, 0.4) is 0 Å². The number of aliphatic carboxylic acids is 1. The molecular weight excluding hydrogens is 360 g/mol. The molecule has 7 heteroatoms. The van der Waals surface area contributed by atoms with E-state index in [0.29, 0.717) is 36.5 Å². The predicted octanol–water partition coefficient (Wildman–Crippen LogP) is 3.96. The molecule has 1 saturated heterocycles. The summed E-state index contributed by atoms with van der Waals surface area (Å²) >= 11 is 9.36. The fourth-order valence-corrected chi connectivity index (χ4v) is 3.22. The van der Waals surface area contributed by atoms with Crippen LogP contribution in [-0.2, 0) is 4.79 Å². The highest BCUT2D eigenvalue weighted by atomic mass is 79.9. The Labute approximate surface area is 136 Å². The Balaban J connectivity index is 2.23. The molecule has 0 saturated carbocycles. The first-order valence-corrected chi connectivity index (χ1v) is 7.85. The van der Waals surface area contributed by atoms with Gasteiger partial charge in [0.2, 0.25) is 0 Å². The van der Waals surface area contributed by atoms with Crippen LogP contribution in [0.1, 0.15) is 26.2 Å². The average Bonchev–Trinajstić information content (AvgIpc) is 2.88. The van der Waals surface area contributed by atoms with Crippen molar-refractivity contribution >= 4 is 45.2 Å². The van der Waals surface area contributed by atoms with Gasteiger partial charge in [-0.15, -0.1) is 0 Å². The molecule has 0 bridgehead atoms. The Morgan fingerprint density at radius 1 is 1.52 bits per heavy atom. The van der Waals surface area contributed by atoms with Crippen molar-refractivity contribution in [1.29, 1.82) is 0 Å². The number of hydrogen-bond donors (Lipinski definition) is 2. The molecule has 1 atom stereocenters. The number of carbonyl (C=O) groups is 2. The zero-order valence-electron chi connectivity index (χ0n) is 11.5. The fourth-order valence-electron chi connectivity index (χ4n) is 2.69. The van der Waals surface area contributed by atoms with Crippen molar-refractivity contribution in [3.05, 3.63) is 27.7 Å². The lowest BCUT2D eigenvalue weighted by atomic mass is 9.93. The maximum absolute atomic E-state index is 12.4. The molecule has 0 radical (unpaired) electrons. The van der Waals surface area contributed by atoms with E-state index in [1.54, 1.807) is 25.1 Å². The van der Waals surface area contributed by atoms with Crippen LogP contribution < -0.4 is 5.32 Å². The Morgan fingerprint density at radius 3 is 2.86 bits per heavy atom. The minimum absolute atomic E-state index is 0.377. The Bertz CT molecular complexity index is 581. The van der Waals surface area contributed by atoms with Crippen LogP contribution in [0.5, 0.6) is 0 Å². The van der Waals surface area contributed by atoms with E-state index in [1.165, 1.54) is 4.90 Å². The van der Waals surface area contributed by atoms with Crippen molar-refractivity contribution in [3.63, 3.8) is 0 Å². The van der Waals surface area contributed by atoms with Gasteiger partial charge < -0.3 is 15.3 Å². The van der Waals surface area contributed by atoms with E-state index in [-0.39, 0.29) is 0 Å². The number of carboxylic acid groups (broad SMARTS) is 1. The quantitative estimate of drug-likeness (QED) is 0.840. The summed E-state index contributed by atoms with van der Waals surface area (Å²) in [6.45, 7) is 2.21. The topological polar surface area (TPSA) is 69.6 Å². The van der Waals surface area contributed by atoms with Gasteiger partial charge in [-0.05, 0) is 37.5 Å². The second kappa shape index (κ2) is 6.23. The summed E-state index contributed by atoms with van der Waals surface area (Å²) in [5.41, 5.74) is -0.666. The second-order valence-corrected chi connectivity index (χ2v) is 6.32. The van der Waals surface area contributed by atoms with E-state index in [2.05, 4.69) is 21.2 Å².